The second-order valence-electron chi connectivity index (χ2n) is 9.23. The van der Waals surface area contributed by atoms with Gasteiger partial charge in [0.05, 0.1) is 19.2 Å². The van der Waals surface area contributed by atoms with Crippen LogP contribution in [0.1, 0.15) is 24.8 Å². The van der Waals surface area contributed by atoms with E-state index in [0.29, 0.717) is 35.2 Å². The summed E-state index contributed by atoms with van der Waals surface area (Å²) in [5.74, 6) is 0.256. The molecule has 8 nitrogen and oxygen atoms in total. The maximum Gasteiger partial charge on any atom is 0.256 e. The number of anilines is 3. The maximum absolute atomic E-state index is 13.7. The molecule has 2 fully saturated rings. The minimum atomic E-state index is -0.770. The number of carbonyl (C=O) groups is 3. The lowest BCUT2D eigenvalue weighted by atomic mass is 10.1. The molecule has 0 bridgehead atoms. The highest BCUT2D eigenvalue weighted by atomic mass is 32.1. The van der Waals surface area contributed by atoms with Gasteiger partial charge in [0.2, 0.25) is 11.8 Å². The molecule has 194 valence electrons. The molecule has 2 heterocycles. The van der Waals surface area contributed by atoms with Gasteiger partial charge in [0.15, 0.2) is 5.11 Å². The number of nitrogens with zero attached hydrogens (tertiary/aromatic N) is 3. The molecule has 2 aliphatic heterocycles. The molecule has 2 saturated heterocycles. The number of methoxy groups -OCH3 is 1. The van der Waals surface area contributed by atoms with E-state index < -0.39 is 6.04 Å². The predicted octanol–water partition coefficient (Wildman–Crippen LogP) is 4.35. The number of nitrogens with one attached hydrogen (secondary N) is 1. The van der Waals surface area contributed by atoms with Gasteiger partial charge in [-0.15, -0.1) is 0 Å². The standard InChI is InChI=1S/C29H28N4O4S/c1-37-24-15-13-23(14-16-24)33-28(36)25(18-26(34)30-21-6-3-2-4-7-21)32(29(33)38)19-20-9-11-22(12-10-20)31-17-5-8-27(31)35/h2-4,6-7,9-16,25H,5,8,17-19H2,1H3,(H,30,34). The van der Waals surface area contributed by atoms with Gasteiger partial charge < -0.3 is 19.9 Å². The van der Waals surface area contributed by atoms with Crippen LogP contribution < -0.4 is 19.9 Å². The van der Waals surface area contributed by atoms with Crippen LogP contribution in [-0.4, -0.2) is 47.4 Å². The predicted molar refractivity (Wildman–Crippen MR) is 150 cm³/mol. The minimum absolute atomic E-state index is 0.0547. The van der Waals surface area contributed by atoms with Crippen LogP contribution in [0.3, 0.4) is 0 Å². The Morgan fingerprint density at radius 3 is 2.29 bits per heavy atom. The molecule has 2 aliphatic rings. The Morgan fingerprint density at radius 2 is 1.66 bits per heavy atom. The third-order valence-electron chi connectivity index (χ3n) is 6.76. The fourth-order valence-electron chi connectivity index (χ4n) is 4.79. The minimum Gasteiger partial charge on any atom is -0.497 e. The first kappa shape index (κ1) is 25.4. The van der Waals surface area contributed by atoms with Crippen molar-refractivity contribution in [3.05, 3.63) is 84.4 Å². The van der Waals surface area contributed by atoms with Gasteiger partial charge >= 0.3 is 0 Å². The first-order chi connectivity index (χ1) is 18.4. The number of hydrogen-bond donors (Lipinski definition) is 1. The largest absolute Gasteiger partial charge is 0.497 e. The number of amides is 3. The Kier molecular flexibility index (Phi) is 7.37. The van der Waals surface area contributed by atoms with Crippen molar-refractivity contribution < 1.29 is 19.1 Å². The molecule has 5 rings (SSSR count). The van der Waals surface area contributed by atoms with Crippen LogP contribution in [0.15, 0.2) is 78.9 Å². The number of ether oxygens (including phenoxy) is 1. The van der Waals surface area contributed by atoms with Crippen LogP contribution in [0.4, 0.5) is 17.1 Å². The lowest BCUT2D eigenvalue weighted by Crippen LogP contribution is -2.37. The number of rotatable bonds is 8. The summed E-state index contributed by atoms with van der Waals surface area (Å²) in [5.41, 5.74) is 3.05. The Morgan fingerprint density at radius 1 is 0.974 bits per heavy atom. The number of hydrogen-bond acceptors (Lipinski definition) is 5. The van der Waals surface area contributed by atoms with Crippen molar-refractivity contribution in [2.75, 3.05) is 28.8 Å². The molecule has 38 heavy (non-hydrogen) atoms. The highest BCUT2D eigenvalue weighted by molar-refractivity contribution is 7.80. The van der Waals surface area contributed by atoms with Crippen molar-refractivity contribution >= 4 is 52.1 Å². The molecular formula is C29H28N4O4S. The Labute approximate surface area is 226 Å². The lowest BCUT2D eigenvalue weighted by Gasteiger charge is -2.24. The third kappa shape index (κ3) is 5.24. The van der Waals surface area contributed by atoms with E-state index in [2.05, 4.69) is 5.32 Å². The van der Waals surface area contributed by atoms with Crippen molar-refractivity contribution in [2.45, 2.75) is 31.8 Å². The Bertz CT molecular complexity index is 1350. The summed E-state index contributed by atoms with van der Waals surface area (Å²) < 4.78 is 5.24. The van der Waals surface area contributed by atoms with E-state index in [1.165, 1.54) is 4.90 Å². The Balaban J connectivity index is 1.39. The van der Waals surface area contributed by atoms with Gasteiger partial charge in [-0.2, -0.15) is 0 Å². The molecule has 0 saturated carbocycles. The van der Waals surface area contributed by atoms with Gasteiger partial charge in [0.25, 0.3) is 5.91 Å². The number of para-hydroxylation sites is 1. The first-order valence-electron chi connectivity index (χ1n) is 12.5. The molecule has 0 spiro atoms. The van der Waals surface area contributed by atoms with Gasteiger partial charge in [-0.05, 0) is 72.7 Å². The van der Waals surface area contributed by atoms with Crippen LogP contribution in [0.25, 0.3) is 0 Å². The SMILES string of the molecule is COc1ccc(N2C(=O)C(CC(=O)Nc3ccccc3)N(Cc3ccc(N4CCCC4=O)cc3)C2=S)cc1. The summed E-state index contributed by atoms with van der Waals surface area (Å²) in [6.45, 7) is 1.06. The van der Waals surface area contributed by atoms with Crippen molar-refractivity contribution in [3.63, 3.8) is 0 Å². The van der Waals surface area contributed by atoms with Crippen molar-refractivity contribution in [1.29, 1.82) is 0 Å². The molecule has 3 amide bonds. The summed E-state index contributed by atoms with van der Waals surface area (Å²) in [4.78, 5) is 43.8. The fraction of sp³-hybridized carbons (Fsp3) is 0.241. The highest BCUT2D eigenvalue weighted by Gasteiger charge is 2.44. The van der Waals surface area contributed by atoms with E-state index >= 15 is 0 Å². The van der Waals surface area contributed by atoms with Crippen LogP contribution in [0.5, 0.6) is 5.75 Å². The fourth-order valence-corrected chi connectivity index (χ4v) is 5.18. The average Bonchev–Trinajstić information content (AvgIpc) is 3.46. The number of carbonyl (C=O) groups excluding carboxylic acids is 3. The van der Waals surface area contributed by atoms with Crippen LogP contribution in [-0.2, 0) is 20.9 Å². The Hall–Kier alpha value is -4.24. The van der Waals surface area contributed by atoms with E-state index in [-0.39, 0.29) is 24.1 Å². The van der Waals surface area contributed by atoms with Gasteiger partial charge in [0, 0.05) is 30.9 Å². The topological polar surface area (TPSA) is 82.2 Å². The monoisotopic (exact) mass is 528 g/mol. The molecular weight excluding hydrogens is 500 g/mol. The molecule has 1 N–H and O–H groups in total. The van der Waals surface area contributed by atoms with Crippen LogP contribution in [0.2, 0.25) is 0 Å². The normalized spacial score (nSPS) is 17.3. The summed E-state index contributed by atoms with van der Waals surface area (Å²) in [6, 6.07) is 23.1. The molecule has 1 unspecified atom stereocenters. The van der Waals surface area contributed by atoms with Gasteiger partial charge in [-0.3, -0.25) is 19.3 Å². The summed E-state index contributed by atoms with van der Waals surface area (Å²) in [6.07, 6.45) is 1.37. The van der Waals surface area contributed by atoms with Crippen molar-refractivity contribution in [2.24, 2.45) is 0 Å². The smallest absolute Gasteiger partial charge is 0.256 e. The third-order valence-corrected chi connectivity index (χ3v) is 7.18. The van der Waals surface area contributed by atoms with Crippen LogP contribution >= 0.6 is 12.2 Å². The zero-order valence-electron chi connectivity index (χ0n) is 21.0. The van der Waals surface area contributed by atoms with Gasteiger partial charge in [-0.1, -0.05) is 30.3 Å². The van der Waals surface area contributed by atoms with Crippen molar-refractivity contribution in [1.82, 2.24) is 4.90 Å². The molecule has 0 radical (unpaired) electrons. The molecule has 1 atom stereocenters. The molecule has 9 heteroatoms. The van der Waals surface area contributed by atoms with E-state index in [1.54, 1.807) is 53.3 Å². The zero-order valence-corrected chi connectivity index (χ0v) is 21.8. The maximum atomic E-state index is 13.7. The average molecular weight is 529 g/mol. The van der Waals surface area contributed by atoms with E-state index in [0.717, 1.165) is 24.2 Å². The summed E-state index contributed by atoms with van der Waals surface area (Å²) in [7, 11) is 1.58. The summed E-state index contributed by atoms with van der Waals surface area (Å²) in [5, 5.41) is 3.20. The van der Waals surface area contributed by atoms with E-state index in [9.17, 15) is 14.4 Å². The molecule has 3 aromatic carbocycles. The second kappa shape index (κ2) is 11.0. The van der Waals surface area contributed by atoms with Crippen molar-refractivity contribution in [3.8, 4) is 5.75 Å². The lowest BCUT2D eigenvalue weighted by molar-refractivity contribution is -0.124. The van der Waals surface area contributed by atoms with E-state index in [4.69, 9.17) is 17.0 Å². The summed E-state index contributed by atoms with van der Waals surface area (Å²) >= 11 is 5.78. The molecule has 0 aliphatic carbocycles. The first-order valence-corrected chi connectivity index (χ1v) is 12.9. The molecule has 0 aromatic heterocycles. The quantitative estimate of drug-likeness (QED) is 0.438. The van der Waals surface area contributed by atoms with Gasteiger partial charge in [-0.25, -0.2) is 0 Å². The second-order valence-corrected chi connectivity index (χ2v) is 9.60. The number of benzene rings is 3. The molecule has 3 aromatic rings. The highest BCUT2D eigenvalue weighted by Crippen LogP contribution is 2.31. The van der Waals surface area contributed by atoms with E-state index in [1.807, 2.05) is 42.5 Å². The zero-order chi connectivity index (χ0) is 26.6. The number of thiocarbonyl (C=S) groups is 1. The van der Waals surface area contributed by atoms with Crippen LogP contribution in [0, 0.1) is 0 Å². The van der Waals surface area contributed by atoms with Gasteiger partial charge in [0.1, 0.15) is 11.8 Å².